The molecule has 0 spiro atoms. The number of rotatable bonds is 7. The van der Waals surface area contributed by atoms with E-state index in [1.54, 1.807) is 36.3 Å². The first-order valence-corrected chi connectivity index (χ1v) is 11.6. The fraction of sp³-hybridized carbons (Fsp3) is 0.250. The molecule has 6 nitrogen and oxygen atoms in total. The average molecular weight is 474 g/mol. The molecule has 4 rings (SSSR count). The number of nitrogens with zero attached hydrogens (tertiary/aromatic N) is 3. The van der Waals surface area contributed by atoms with Crippen LogP contribution in [0.4, 0.5) is 4.39 Å². The molecule has 1 atom stereocenters. The average Bonchev–Trinajstić information content (AvgIpc) is 2.86. The number of carbonyl (C=O) groups excluding carboxylic acids is 1. The summed E-state index contributed by atoms with van der Waals surface area (Å²) in [5.41, 5.74) is 2.02. The second-order valence-corrected chi connectivity index (χ2v) is 8.49. The van der Waals surface area contributed by atoms with Crippen LogP contribution in [0.2, 0.25) is 0 Å². The Bertz CT molecular complexity index is 1450. The molecule has 0 fully saturated rings. The molecular formula is C28H28FN3O3. The fourth-order valence-electron chi connectivity index (χ4n) is 4.28. The first-order chi connectivity index (χ1) is 16.8. The third-order valence-corrected chi connectivity index (χ3v) is 6.02. The van der Waals surface area contributed by atoms with E-state index in [0.29, 0.717) is 41.1 Å². The number of amides is 1. The maximum absolute atomic E-state index is 13.9. The zero-order chi connectivity index (χ0) is 25.1. The summed E-state index contributed by atoms with van der Waals surface area (Å²) < 4.78 is 21.0. The van der Waals surface area contributed by atoms with Gasteiger partial charge in [0, 0.05) is 12.1 Å². The van der Waals surface area contributed by atoms with Crippen LogP contribution in [0.25, 0.3) is 16.6 Å². The number of ether oxygens (including phenoxy) is 1. The largest absolute Gasteiger partial charge is 0.495 e. The van der Waals surface area contributed by atoms with Gasteiger partial charge < -0.3 is 9.64 Å². The van der Waals surface area contributed by atoms with Crippen molar-refractivity contribution < 1.29 is 13.9 Å². The van der Waals surface area contributed by atoms with Gasteiger partial charge in [-0.1, -0.05) is 31.2 Å². The van der Waals surface area contributed by atoms with E-state index in [-0.39, 0.29) is 17.0 Å². The van der Waals surface area contributed by atoms with Gasteiger partial charge in [0.2, 0.25) is 0 Å². The Labute approximate surface area is 203 Å². The van der Waals surface area contributed by atoms with Crippen LogP contribution in [0, 0.1) is 12.7 Å². The molecule has 180 valence electrons. The van der Waals surface area contributed by atoms with Crippen LogP contribution in [0.15, 0.2) is 71.5 Å². The fourth-order valence-corrected chi connectivity index (χ4v) is 4.28. The van der Waals surface area contributed by atoms with E-state index >= 15 is 0 Å². The Kier molecular flexibility index (Phi) is 6.96. The summed E-state index contributed by atoms with van der Waals surface area (Å²) >= 11 is 0. The summed E-state index contributed by atoms with van der Waals surface area (Å²) in [6.45, 7) is 6.14. The zero-order valence-corrected chi connectivity index (χ0v) is 20.3. The number of para-hydroxylation sites is 1. The minimum Gasteiger partial charge on any atom is -0.495 e. The number of methoxy groups -OCH3 is 1. The number of hydrogen-bond acceptors (Lipinski definition) is 4. The lowest BCUT2D eigenvalue weighted by Gasteiger charge is -2.30. The third kappa shape index (κ3) is 4.67. The Morgan fingerprint density at radius 3 is 2.60 bits per heavy atom. The van der Waals surface area contributed by atoms with Gasteiger partial charge in [0.25, 0.3) is 11.5 Å². The van der Waals surface area contributed by atoms with Gasteiger partial charge in [0.05, 0.1) is 29.7 Å². The highest BCUT2D eigenvalue weighted by Gasteiger charge is 2.28. The topological polar surface area (TPSA) is 64.4 Å². The van der Waals surface area contributed by atoms with Crippen molar-refractivity contribution in [1.29, 1.82) is 0 Å². The quantitative estimate of drug-likeness (QED) is 0.358. The number of aryl methyl sites for hydroxylation is 1. The molecule has 0 aliphatic carbocycles. The number of halogens is 1. The van der Waals surface area contributed by atoms with Crippen LogP contribution >= 0.6 is 0 Å². The Hall–Kier alpha value is -4.00. The summed E-state index contributed by atoms with van der Waals surface area (Å²) in [5.74, 6) is 0.103. The molecule has 0 N–H and O–H groups in total. The molecule has 0 saturated carbocycles. The second-order valence-electron chi connectivity index (χ2n) is 8.49. The number of aromatic nitrogens is 2. The lowest BCUT2D eigenvalue weighted by molar-refractivity contribution is 0.0680. The summed E-state index contributed by atoms with van der Waals surface area (Å²) in [6.07, 6.45) is 0.678. The Morgan fingerprint density at radius 1 is 1.11 bits per heavy atom. The predicted molar refractivity (Wildman–Crippen MR) is 135 cm³/mol. The molecule has 4 aromatic rings. The van der Waals surface area contributed by atoms with Crippen LogP contribution in [0.3, 0.4) is 0 Å². The van der Waals surface area contributed by atoms with Crippen LogP contribution in [-0.4, -0.2) is 34.0 Å². The van der Waals surface area contributed by atoms with Crippen molar-refractivity contribution in [3.8, 4) is 11.4 Å². The van der Waals surface area contributed by atoms with E-state index in [2.05, 4.69) is 0 Å². The van der Waals surface area contributed by atoms with Gasteiger partial charge in [-0.15, -0.1) is 0 Å². The molecule has 1 aromatic heterocycles. The van der Waals surface area contributed by atoms with Crippen LogP contribution in [0.1, 0.15) is 48.1 Å². The van der Waals surface area contributed by atoms with Gasteiger partial charge in [-0.25, -0.2) is 9.37 Å². The summed E-state index contributed by atoms with van der Waals surface area (Å²) in [6, 6.07) is 17.8. The van der Waals surface area contributed by atoms with E-state index < -0.39 is 11.9 Å². The van der Waals surface area contributed by atoms with Gasteiger partial charge >= 0.3 is 0 Å². The van der Waals surface area contributed by atoms with E-state index in [0.717, 1.165) is 5.56 Å². The van der Waals surface area contributed by atoms with E-state index in [1.807, 2.05) is 45.0 Å². The van der Waals surface area contributed by atoms with Gasteiger partial charge in [-0.2, -0.15) is 0 Å². The smallest absolute Gasteiger partial charge is 0.266 e. The van der Waals surface area contributed by atoms with Crippen molar-refractivity contribution in [2.45, 2.75) is 33.2 Å². The lowest BCUT2D eigenvalue weighted by atomic mass is 10.1. The van der Waals surface area contributed by atoms with Gasteiger partial charge in [-0.3, -0.25) is 14.2 Å². The van der Waals surface area contributed by atoms with Crippen molar-refractivity contribution in [3.63, 3.8) is 0 Å². The van der Waals surface area contributed by atoms with Gasteiger partial charge in [0.15, 0.2) is 0 Å². The molecule has 1 heterocycles. The Morgan fingerprint density at radius 2 is 1.89 bits per heavy atom. The number of benzene rings is 3. The maximum Gasteiger partial charge on any atom is 0.266 e. The zero-order valence-electron chi connectivity index (χ0n) is 20.3. The normalized spacial score (nSPS) is 11.9. The molecule has 0 bridgehead atoms. The molecule has 35 heavy (non-hydrogen) atoms. The van der Waals surface area contributed by atoms with Gasteiger partial charge in [0.1, 0.15) is 17.4 Å². The van der Waals surface area contributed by atoms with Crippen molar-refractivity contribution in [2.75, 3.05) is 13.7 Å². The van der Waals surface area contributed by atoms with E-state index in [4.69, 9.17) is 9.72 Å². The standard InChI is InChI=1S/C28H28FN3O3/c1-5-15-31(27(33)20-9-8-10-21(29)17-20)19(3)26-30-23-12-7-6-11-22(23)28(34)32(26)24-16-18(2)13-14-25(24)35-4/h6-14,16-17,19H,5,15H2,1-4H3. The number of fused-ring (bicyclic) bond motifs is 1. The SMILES string of the molecule is CCCN(C(=O)c1cccc(F)c1)C(C)c1nc2ccccc2c(=O)n1-c1cc(C)ccc1OC. The predicted octanol–water partition coefficient (Wildman–Crippen LogP) is 5.46. The number of carbonyl (C=O) groups is 1. The highest BCUT2D eigenvalue weighted by Crippen LogP contribution is 2.29. The van der Waals surface area contributed by atoms with Crippen molar-refractivity contribution in [3.05, 3.63) is 99.9 Å². The minimum atomic E-state index is -0.590. The lowest BCUT2D eigenvalue weighted by Crippen LogP contribution is -2.38. The first-order valence-electron chi connectivity index (χ1n) is 11.6. The highest BCUT2D eigenvalue weighted by atomic mass is 19.1. The van der Waals surface area contributed by atoms with Crippen LogP contribution in [0.5, 0.6) is 5.75 Å². The molecule has 7 heteroatoms. The highest BCUT2D eigenvalue weighted by molar-refractivity contribution is 5.94. The second kappa shape index (κ2) is 10.1. The maximum atomic E-state index is 13.9. The van der Waals surface area contributed by atoms with Crippen molar-refractivity contribution in [1.82, 2.24) is 14.5 Å². The molecular weight excluding hydrogens is 445 g/mol. The summed E-state index contributed by atoms with van der Waals surface area (Å²) in [5, 5.41) is 0.463. The molecule has 1 unspecified atom stereocenters. The molecule has 3 aromatic carbocycles. The van der Waals surface area contributed by atoms with Crippen LogP contribution < -0.4 is 10.3 Å². The number of hydrogen-bond donors (Lipinski definition) is 0. The van der Waals surface area contributed by atoms with E-state index in [1.165, 1.54) is 22.8 Å². The minimum absolute atomic E-state index is 0.244. The van der Waals surface area contributed by atoms with Crippen LogP contribution in [-0.2, 0) is 0 Å². The summed E-state index contributed by atoms with van der Waals surface area (Å²) in [4.78, 5) is 33.8. The monoisotopic (exact) mass is 473 g/mol. The molecule has 1 amide bonds. The third-order valence-electron chi connectivity index (χ3n) is 6.02. The van der Waals surface area contributed by atoms with Crippen molar-refractivity contribution in [2.24, 2.45) is 0 Å². The molecule has 0 aliphatic rings. The van der Waals surface area contributed by atoms with Gasteiger partial charge in [-0.05, 0) is 68.3 Å². The molecule has 0 aliphatic heterocycles. The van der Waals surface area contributed by atoms with E-state index in [9.17, 15) is 14.0 Å². The Balaban J connectivity index is 1.96. The molecule has 0 saturated heterocycles. The van der Waals surface area contributed by atoms with Crippen molar-refractivity contribution >= 4 is 16.8 Å². The first kappa shape index (κ1) is 24.1. The molecule has 0 radical (unpaired) electrons. The summed E-state index contributed by atoms with van der Waals surface area (Å²) in [7, 11) is 1.55.